The molecular weight excluding hydrogens is 298 g/mol. The summed E-state index contributed by atoms with van der Waals surface area (Å²) in [5, 5.41) is 10.5. The normalized spacial score (nSPS) is 20.8. The van der Waals surface area contributed by atoms with Crippen LogP contribution >= 0.6 is 11.3 Å². The fourth-order valence-corrected chi connectivity index (χ4v) is 5.08. The first kappa shape index (κ1) is 15.5. The SMILES string of the molecule is CC1(C)C(CNS(=O)(=O)c2ccsc2C(=O)O)C1(C)C. The molecule has 5 nitrogen and oxygen atoms in total. The first-order chi connectivity index (χ1) is 9.02. The van der Waals surface area contributed by atoms with E-state index in [1.165, 1.54) is 11.4 Å². The Kier molecular flexibility index (Phi) is 3.51. The first-order valence-corrected chi connectivity index (χ1v) is 8.68. The number of thiophene rings is 1. The summed E-state index contributed by atoms with van der Waals surface area (Å²) in [5.74, 6) is -0.968. The Labute approximate surface area is 123 Å². The van der Waals surface area contributed by atoms with Crippen LogP contribution in [0, 0.1) is 16.7 Å². The summed E-state index contributed by atoms with van der Waals surface area (Å²) in [5.41, 5.74) is 0.166. The third-order valence-corrected chi connectivity index (χ3v) is 7.41. The Hall–Kier alpha value is -0.920. The van der Waals surface area contributed by atoms with Gasteiger partial charge in [-0.2, -0.15) is 0 Å². The quantitative estimate of drug-likeness (QED) is 0.873. The number of carboxylic acids is 1. The molecule has 1 aromatic rings. The Morgan fingerprint density at radius 1 is 1.35 bits per heavy atom. The average molecular weight is 317 g/mol. The van der Waals surface area contributed by atoms with E-state index in [4.69, 9.17) is 5.11 Å². The lowest BCUT2D eigenvalue weighted by Crippen LogP contribution is -2.28. The minimum absolute atomic E-state index is 0.0831. The van der Waals surface area contributed by atoms with Gasteiger partial charge in [0, 0.05) is 6.54 Å². The van der Waals surface area contributed by atoms with Crippen molar-refractivity contribution in [1.29, 1.82) is 0 Å². The maximum absolute atomic E-state index is 12.2. The van der Waals surface area contributed by atoms with Gasteiger partial charge in [-0.3, -0.25) is 0 Å². The zero-order valence-corrected chi connectivity index (χ0v) is 13.6. The summed E-state index contributed by atoms with van der Waals surface area (Å²) in [4.78, 5) is 10.7. The summed E-state index contributed by atoms with van der Waals surface area (Å²) in [6, 6.07) is 1.33. The molecule has 7 heteroatoms. The number of carboxylic acid groups (broad SMARTS) is 1. The van der Waals surface area contributed by atoms with Crippen molar-refractivity contribution in [2.45, 2.75) is 32.6 Å². The second-order valence-corrected chi connectivity index (χ2v) is 8.92. The van der Waals surface area contributed by atoms with Gasteiger partial charge in [0.2, 0.25) is 10.0 Å². The Morgan fingerprint density at radius 2 is 1.90 bits per heavy atom. The molecule has 0 saturated heterocycles. The molecule has 0 aliphatic heterocycles. The van der Waals surface area contributed by atoms with Gasteiger partial charge in [-0.25, -0.2) is 17.9 Å². The van der Waals surface area contributed by atoms with Gasteiger partial charge in [0.25, 0.3) is 0 Å². The van der Waals surface area contributed by atoms with Crippen molar-refractivity contribution < 1.29 is 18.3 Å². The van der Waals surface area contributed by atoms with E-state index in [1.54, 1.807) is 0 Å². The van der Waals surface area contributed by atoms with Crippen molar-refractivity contribution in [2.75, 3.05) is 6.54 Å². The topological polar surface area (TPSA) is 83.5 Å². The second kappa shape index (κ2) is 4.54. The Balaban J connectivity index is 2.14. The van der Waals surface area contributed by atoms with Crippen molar-refractivity contribution in [3.63, 3.8) is 0 Å². The summed E-state index contributed by atoms with van der Waals surface area (Å²) in [7, 11) is -3.77. The van der Waals surface area contributed by atoms with E-state index in [0.717, 1.165) is 11.3 Å². The lowest BCUT2D eigenvalue weighted by atomic mass is 10.0. The fourth-order valence-electron chi connectivity index (χ4n) is 2.78. The standard InChI is InChI=1S/C13H19NO4S2/c1-12(2)9(13(12,3)4)7-14-20(17,18)8-5-6-19-10(8)11(15)16/h5-6,9,14H,7H2,1-4H3,(H,15,16). The molecule has 0 bridgehead atoms. The minimum Gasteiger partial charge on any atom is -0.477 e. The lowest BCUT2D eigenvalue weighted by molar-refractivity contribution is 0.0698. The maximum atomic E-state index is 12.2. The van der Waals surface area contributed by atoms with Crippen LogP contribution in [0.25, 0.3) is 0 Å². The van der Waals surface area contributed by atoms with Crippen LogP contribution in [-0.4, -0.2) is 26.0 Å². The highest BCUT2D eigenvalue weighted by molar-refractivity contribution is 7.89. The molecule has 1 fully saturated rings. The van der Waals surface area contributed by atoms with E-state index in [2.05, 4.69) is 32.4 Å². The molecular formula is C13H19NO4S2. The molecule has 112 valence electrons. The van der Waals surface area contributed by atoms with Crippen molar-refractivity contribution >= 4 is 27.3 Å². The van der Waals surface area contributed by atoms with Crippen LogP contribution in [0.4, 0.5) is 0 Å². The maximum Gasteiger partial charge on any atom is 0.347 e. The van der Waals surface area contributed by atoms with Gasteiger partial charge >= 0.3 is 5.97 Å². The molecule has 20 heavy (non-hydrogen) atoms. The van der Waals surface area contributed by atoms with Crippen LogP contribution in [0.1, 0.15) is 37.4 Å². The second-order valence-electron chi connectivity index (χ2n) is 6.27. The van der Waals surface area contributed by atoms with Gasteiger partial charge in [0.1, 0.15) is 9.77 Å². The van der Waals surface area contributed by atoms with Gasteiger partial charge in [-0.05, 0) is 28.2 Å². The van der Waals surface area contributed by atoms with E-state index < -0.39 is 16.0 Å². The molecule has 0 aromatic carbocycles. The van der Waals surface area contributed by atoms with Gasteiger partial charge in [-0.15, -0.1) is 11.3 Å². The third kappa shape index (κ3) is 2.27. The van der Waals surface area contributed by atoms with Crippen molar-refractivity contribution in [1.82, 2.24) is 4.72 Å². The Morgan fingerprint density at radius 3 is 2.35 bits per heavy atom. The van der Waals surface area contributed by atoms with E-state index in [0.29, 0.717) is 6.54 Å². The number of sulfonamides is 1. The van der Waals surface area contributed by atoms with E-state index in [1.807, 2.05) is 0 Å². The molecule has 0 unspecified atom stereocenters. The van der Waals surface area contributed by atoms with Gasteiger partial charge in [0.05, 0.1) is 0 Å². The van der Waals surface area contributed by atoms with E-state index in [9.17, 15) is 13.2 Å². The average Bonchev–Trinajstić information content (AvgIpc) is 2.72. The molecule has 0 atom stereocenters. The molecule has 2 N–H and O–H groups in total. The van der Waals surface area contributed by atoms with E-state index >= 15 is 0 Å². The minimum atomic E-state index is -3.77. The highest BCUT2D eigenvalue weighted by Gasteiger charge is 2.64. The number of rotatable bonds is 5. The summed E-state index contributed by atoms with van der Waals surface area (Å²) < 4.78 is 27.0. The zero-order valence-electron chi connectivity index (χ0n) is 11.9. The number of aromatic carboxylic acids is 1. The van der Waals surface area contributed by atoms with Crippen LogP contribution in [0.2, 0.25) is 0 Å². The highest BCUT2D eigenvalue weighted by atomic mass is 32.2. The molecule has 1 aliphatic rings. The van der Waals surface area contributed by atoms with Crippen LogP contribution in [-0.2, 0) is 10.0 Å². The molecule has 1 aliphatic carbocycles. The predicted octanol–water partition coefficient (Wildman–Crippen LogP) is 2.41. The molecule has 0 spiro atoms. The van der Waals surface area contributed by atoms with Crippen molar-refractivity contribution in [2.24, 2.45) is 16.7 Å². The molecule has 1 saturated carbocycles. The van der Waals surface area contributed by atoms with Crippen molar-refractivity contribution in [3.8, 4) is 0 Å². The molecule has 1 heterocycles. The zero-order chi connectivity index (χ0) is 15.3. The lowest BCUT2D eigenvalue weighted by Gasteiger charge is -2.07. The number of carbonyl (C=O) groups is 1. The van der Waals surface area contributed by atoms with E-state index in [-0.39, 0.29) is 26.5 Å². The van der Waals surface area contributed by atoms with Crippen LogP contribution < -0.4 is 4.72 Å². The largest absolute Gasteiger partial charge is 0.477 e. The van der Waals surface area contributed by atoms with Gasteiger partial charge < -0.3 is 5.11 Å². The summed E-state index contributed by atoms with van der Waals surface area (Å²) in [6.07, 6.45) is 0. The smallest absolute Gasteiger partial charge is 0.347 e. The highest BCUT2D eigenvalue weighted by Crippen LogP contribution is 2.67. The molecule has 0 radical (unpaired) electrons. The monoisotopic (exact) mass is 317 g/mol. The molecule has 2 rings (SSSR count). The number of hydrogen-bond acceptors (Lipinski definition) is 4. The number of nitrogens with one attached hydrogen (secondary N) is 1. The summed E-state index contributed by atoms with van der Waals surface area (Å²) in [6.45, 7) is 8.77. The fraction of sp³-hybridized carbons (Fsp3) is 0.615. The Bertz CT molecular complexity index is 629. The van der Waals surface area contributed by atoms with Crippen LogP contribution in [0.3, 0.4) is 0 Å². The molecule has 1 aromatic heterocycles. The van der Waals surface area contributed by atoms with Crippen molar-refractivity contribution in [3.05, 3.63) is 16.3 Å². The molecule has 0 amide bonds. The number of hydrogen-bond donors (Lipinski definition) is 2. The van der Waals surface area contributed by atoms with Gasteiger partial charge in [-0.1, -0.05) is 27.7 Å². The van der Waals surface area contributed by atoms with Crippen LogP contribution in [0.15, 0.2) is 16.3 Å². The summed E-state index contributed by atoms with van der Waals surface area (Å²) >= 11 is 0.915. The van der Waals surface area contributed by atoms with Gasteiger partial charge in [0.15, 0.2) is 0 Å². The van der Waals surface area contributed by atoms with Crippen LogP contribution in [0.5, 0.6) is 0 Å². The predicted molar refractivity (Wildman–Crippen MR) is 77.5 cm³/mol. The first-order valence-electron chi connectivity index (χ1n) is 6.32. The third-order valence-electron chi connectivity index (χ3n) is 4.91.